The maximum atomic E-state index is 5.49. The van der Waals surface area contributed by atoms with Crippen LogP contribution in [0.1, 0.15) is 40.6 Å². The second kappa shape index (κ2) is 9.07. The van der Waals surface area contributed by atoms with E-state index in [1.807, 2.05) is 30.4 Å². The average Bonchev–Trinajstić information content (AvgIpc) is 3.56. The summed E-state index contributed by atoms with van der Waals surface area (Å²) in [7, 11) is 0. The molecule has 176 valence electrons. The Kier molecular flexibility index (Phi) is 5.79. The fourth-order valence-corrected chi connectivity index (χ4v) is 6.42. The molecule has 0 unspecified atom stereocenters. The van der Waals surface area contributed by atoms with Gasteiger partial charge in [-0.2, -0.15) is 4.98 Å². The monoisotopic (exact) mass is 474 g/mol. The predicted molar refractivity (Wildman–Crippen MR) is 136 cm³/mol. The molecule has 0 saturated carbocycles. The molecule has 0 bridgehead atoms. The van der Waals surface area contributed by atoms with Gasteiger partial charge in [0.2, 0.25) is 11.7 Å². The average molecular weight is 475 g/mol. The first-order valence-electron chi connectivity index (χ1n) is 12.3. The standard InChI is InChI=1S/C26H30N6OS/c1-17-8-10-19(11-9-17)24-29-22(33-30-24)7-4-12-31-13-15-32(16-14-31)25-23-20-5-3-6-21(20)34-26(23)28-18(2)27-25/h8-11H,3-7,12-16H2,1-2H3. The van der Waals surface area contributed by atoms with Crippen LogP contribution in [0.2, 0.25) is 0 Å². The lowest BCUT2D eigenvalue weighted by Crippen LogP contribution is -2.47. The molecular weight excluding hydrogens is 444 g/mol. The van der Waals surface area contributed by atoms with E-state index in [2.05, 4.69) is 39.0 Å². The van der Waals surface area contributed by atoms with Gasteiger partial charge in [0.1, 0.15) is 16.5 Å². The molecule has 8 heteroatoms. The van der Waals surface area contributed by atoms with Gasteiger partial charge >= 0.3 is 0 Å². The van der Waals surface area contributed by atoms with Crippen molar-refractivity contribution in [1.82, 2.24) is 25.0 Å². The van der Waals surface area contributed by atoms with Crippen molar-refractivity contribution in [2.45, 2.75) is 46.0 Å². The first-order valence-corrected chi connectivity index (χ1v) is 13.1. The second-order valence-electron chi connectivity index (χ2n) is 9.44. The summed E-state index contributed by atoms with van der Waals surface area (Å²) in [6, 6.07) is 8.23. The highest BCUT2D eigenvalue weighted by atomic mass is 32.1. The Morgan fingerprint density at radius 1 is 0.971 bits per heavy atom. The van der Waals surface area contributed by atoms with Crippen molar-refractivity contribution in [3.05, 3.63) is 52.0 Å². The van der Waals surface area contributed by atoms with Crippen molar-refractivity contribution >= 4 is 27.4 Å². The van der Waals surface area contributed by atoms with Crippen LogP contribution in [0.15, 0.2) is 28.8 Å². The third kappa shape index (κ3) is 4.20. The van der Waals surface area contributed by atoms with Crippen LogP contribution in [0.5, 0.6) is 0 Å². The highest BCUT2D eigenvalue weighted by Gasteiger charge is 2.26. The minimum atomic E-state index is 0.676. The van der Waals surface area contributed by atoms with Gasteiger partial charge in [-0.15, -0.1) is 11.3 Å². The first-order chi connectivity index (χ1) is 16.6. The third-order valence-electron chi connectivity index (χ3n) is 6.97. The van der Waals surface area contributed by atoms with Crippen molar-refractivity contribution < 1.29 is 4.52 Å². The number of aryl methyl sites for hydroxylation is 5. The second-order valence-corrected chi connectivity index (χ2v) is 10.5. The van der Waals surface area contributed by atoms with E-state index in [9.17, 15) is 0 Å². The highest BCUT2D eigenvalue weighted by molar-refractivity contribution is 7.19. The van der Waals surface area contributed by atoms with E-state index in [0.29, 0.717) is 5.82 Å². The minimum absolute atomic E-state index is 0.676. The zero-order valence-electron chi connectivity index (χ0n) is 19.9. The van der Waals surface area contributed by atoms with Crippen molar-refractivity contribution in [2.75, 3.05) is 37.6 Å². The van der Waals surface area contributed by atoms with E-state index in [1.54, 1.807) is 0 Å². The molecule has 7 nitrogen and oxygen atoms in total. The van der Waals surface area contributed by atoms with Gasteiger partial charge in [-0.3, -0.25) is 4.90 Å². The lowest BCUT2D eigenvalue weighted by Gasteiger charge is -2.35. The first kappa shape index (κ1) is 21.7. The van der Waals surface area contributed by atoms with Crippen molar-refractivity contribution in [3.63, 3.8) is 0 Å². The third-order valence-corrected chi connectivity index (χ3v) is 8.16. The van der Waals surface area contributed by atoms with Crippen LogP contribution >= 0.6 is 11.3 Å². The quantitative estimate of drug-likeness (QED) is 0.404. The summed E-state index contributed by atoms with van der Waals surface area (Å²) in [5.41, 5.74) is 3.75. The van der Waals surface area contributed by atoms with Gasteiger partial charge in [-0.25, -0.2) is 9.97 Å². The number of hydrogen-bond acceptors (Lipinski definition) is 8. The Balaban J connectivity index is 1.05. The van der Waals surface area contributed by atoms with Gasteiger partial charge in [0.05, 0.1) is 5.39 Å². The number of benzene rings is 1. The molecule has 0 amide bonds. The fourth-order valence-electron chi connectivity index (χ4n) is 5.12. The van der Waals surface area contributed by atoms with E-state index in [1.165, 1.54) is 45.5 Å². The lowest BCUT2D eigenvalue weighted by atomic mass is 10.1. The molecule has 4 aromatic rings. The Morgan fingerprint density at radius 2 is 1.79 bits per heavy atom. The number of anilines is 1. The van der Waals surface area contributed by atoms with E-state index in [4.69, 9.17) is 14.5 Å². The molecule has 0 N–H and O–H groups in total. The molecule has 4 heterocycles. The summed E-state index contributed by atoms with van der Waals surface area (Å²) in [6.45, 7) is 9.26. The number of thiophene rings is 1. The topological polar surface area (TPSA) is 71.2 Å². The van der Waals surface area contributed by atoms with E-state index in [0.717, 1.165) is 68.7 Å². The van der Waals surface area contributed by atoms with Gasteiger partial charge in [-0.1, -0.05) is 35.0 Å². The number of aromatic nitrogens is 4. The molecule has 2 aliphatic rings. The van der Waals surface area contributed by atoms with Crippen LogP contribution in [-0.2, 0) is 19.3 Å². The van der Waals surface area contributed by atoms with Crippen LogP contribution in [-0.4, -0.2) is 57.7 Å². The fraction of sp³-hybridized carbons (Fsp3) is 0.462. The summed E-state index contributed by atoms with van der Waals surface area (Å²) in [5.74, 6) is 3.44. The molecular formula is C26H30N6OS. The molecule has 6 rings (SSSR count). The largest absolute Gasteiger partial charge is 0.353 e. The molecule has 3 aromatic heterocycles. The summed E-state index contributed by atoms with van der Waals surface area (Å²) in [6.07, 6.45) is 5.48. The Labute approximate surface area is 203 Å². The summed E-state index contributed by atoms with van der Waals surface area (Å²) < 4.78 is 5.49. The normalized spacial score (nSPS) is 16.5. The van der Waals surface area contributed by atoms with Gasteiger partial charge in [0.15, 0.2) is 0 Å². The van der Waals surface area contributed by atoms with E-state index >= 15 is 0 Å². The van der Waals surface area contributed by atoms with Gasteiger partial charge in [0.25, 0.3) is 0 Å². The Bertz CT molecular complexity index is 1300. The maximum absolute atomic E-state index is 5.49. The Morgan fingerprint density at radius 3 is 2.62 bits per heavy atom. The minimum Gasteiger partial charge on any atom is -0.353 e. The zero-order valence-corrected chi connectivity index (χ0v) is 20.7. The van der Waals surface area contributed by atoms with Crippen LogP contribution < -0.4 is 4.90 Å². The predicted octanol–water partition coefficient (Wildman–Crippen LogP) is 4.60. The number of rotatable bonds is 6. The molecule has 1 aliphatic heterocycles. The number of hydrogen-bond donors (Lipinski definition) is 0. The number of piperazine rings is 1. The lowest BCUT2D eigenvalue weighted by molar-refractivity contribution is 0.250. The van der Waals surface area contributed by atoms with Crippen molar-refractivity contribution in [1.29, 1.82) is 0 Å². The summed E-state index contributed by atoms with van der Waals surface area (Å²) in [4.78, 5) is 22.0. The molecule has 0 radical (unpaired) electrons. The zero-order chi connectivity index (χ0) is 23.1. The van der Waals surface area contributed by atoms with Crippen LogP contribution in [0.25, 0.3) is 21.6 Å². The SMILES string of the molecule is Cc1ccc(-c2noc(CCCN3CCN(c4nc(C)nc5sc6c(c45)CCC6)CC3)n2)cc1. The molecule has 1 saturated heterocycles. The maximum Gasteiger partial charge on any atom is 0.227 e. The Hall–Kier alpha value is -2.84. The molecule has 34 heavy (non-hydrogen) atoms. The summed E-state index contributed by atoms with van der Waals surface area (Å²) >= 11 is 1.88. The molecule has 1 aromatic carbocycles. The number of nitrogens with zero attached hydrogens (tertiary/aromatic N) is 6. The van der Waals surface area contributed by atoms with E-state index in [-0.39, 0.29) is 0 Å². The molecule has 1 aliphatic carbocycles. The molecule has 0 spiro atoms. The van der Waals surface area contributed by atoms with Gasteiger partial charge in [-0.05, 0) is 51.6 Å². The van der Waals surface area contributed by atoms with Gasteiger partial charge < -0.3 is 9.42 Å². The van der Waals surface area contributed by atoms with Gasteiger partial charge in [0, 0.05) is 43.0 Å². The van der Waals surface area contributed by atoms with Crippen LogP contribution in [0, 0.1) is 13.8 Å². The summed E-state index contributed by atoms with van der Waals surface area (Å²) in [5, 5.41) is 5.49. The number of fused-ring (bicyclic) bond motifs is 3. The molecule has 1 fully saturated rings. The van der Waals surface area contributed by atoms with Crippen LogP contribution in [0.3, 0.4) is 0 Å². The highest BCUT2D eigenvalue weighted by Crippen LogP contribution is 2.40. The van der Waals surface area contributed by atoms with Crippen molar-refractivity contribution in [2.24, 2.45) is 0 Å². The smallest absolute Gasteiger partial charge is 0.227 e. The molecule has 0 atom stereocenters. The van der Waals surface area contributed by atoms with E-state index < -0.39 is 0 Å². The van der Waals surface area contributed by atoms with Crippen molar-refractivity contribution in [3.8, 4) is 11.4 Å². The van der Waals surface area contributed by atoms with Crippen LogP contribution in [0.4, 0.5) is 5.82 Å².